The molecular formula is C44H66O12. The summed E-state index contributed by atoms with van der Waals surface area (Å²) in [4.78, 5) is 65.3. The molecule has 314 valence electrons. The van der Waals surface area contributed by atoms with Crippen molar-refractivity contribution in [2.75, 3.05) is 14.2 Å². The average molecular weight is 787 g/mol. The van der Waals surface area contributed by atoms with Crippen LogP contribution >= 0.6 is 0 Å². The lowest BCUT2D eigenvalue weighted by Gasteiger charge is -2.71. The van der Waals surface area contributed by atoms with E-state index in [-0.39, 0.29) is 47.1 Å². The topological polar surface area (TPSA) is 150 Å². The Morgan fingerprint density at radius 3 is 1.91 bits per heavy atom. The molecule has 12 nitrogen and oxygen atoms in total. The lowest BCUT2D eigenvalue weighted by atomic mass is 9.33. The number of carbonyl (C=O) groups is 5. The van der Waals surface area contributed by atoms with Crippen LogP contribution in [0.1, 0.15) is 127 Å². The Kier molecular flexibility index (Phi) is 11.4. The second-order valence-electron chi connectivity index (χ2n) is 19.3. The third-order valence-electron chi connectivity index (χ3n) is 16.4. The number of methoxy groups -OCH3 is 2. The summed E-state index contributed by atoms with van der Waals surface area (Å²) in [6, 6.07) is 0. The van der Waals surface area contributed by atoms with Crippen molar-refractivity contribution in [1.29, 1.82) is 0 Å². The van der Waals surface area contributed by atoms with Crippen LogP contribution in [0.4, 0.5) is 0 Å². The van der Waals surface area contributed by atoms with Crippen molar-refractivity contribution >= 4 is 29.8 Å². The molecule has 6 aliphatic rings. The van der Waals surface area contributed by atoms with Crippen LogP contribution in [0.25, 0.3) is 0 Å². The van der Waals surface area contributed by atoms with E-state index >= 15 is 0 Å². The van der Waals surface area contributed by atoms with Crippen LogP contribution in [0.2, 0.25) is 0 Å². The molecule has 1 saturated heterocycles. The van der Waals surface area contributed by atoms with Gasteiger partial charge in [0.05, 0.1) is 37.3 Å². The number of hydrogen-bond donors (Lipinski definition) is 0. The number of ether oxygens (including phenoxy) is 7. The van der Waals surface area contributed by atoms with Crippen molar-refractivity contribution in [3.05, 3.63) is 11.6 Å². The summed E-state index contributed by atoms with van der Waals surface area (Å²) in [7, 11) is 3.00. The van der Waals surface area contributed by atoms with Gasteiger partial charge in [0.2, 0.25) is 0 Å². The fourth-order valence-corrected chi connectivity index (χ4v) is 13.8. The van der Waals surface area contributed by atoms with E-state index in [4.69, 9.17) is 33.2 Å². The molecule has 0 aromatic heterocycles. The van der Waals surface area contributed by atoms with Crippen molar-refractivity contribution in [3.8, 4) is 0 Å². The molecule has 5 fully saturated rings. The summed E-state index contributed by atoms with van der Waals surface area (Å²) < 4.78 is 41.5. The molecule has 0 radical (unpaired) electrons. The third-order valence-corrected chi connectivity index (χ3v) is 16.4. The van der Waals surface area contributed by atoms with Crippen LogP contribution in [-0.4, -0.2) is 80.9 Å². The third kappa shape index (κ3) is 6.33. The molecular weight excluding hydrogens is 720 g/mol. The maximum atomic E-state index is 14.7. The highest BCUT2D eigenvalue weighted by molar-refractivity contribution is 5.86. The summed E-state index contributed by atoms with van der Waals surface area (Å²) in [5.41, 5.74) is -1.41. The lowest BCUT2D eigenvalue weighted by molar-refractivity contribution is -0.328. The summed E-state index contributed by atoms with van der Waals surface area (Å²) in [6.07, 6.45) is 3.66. The smallest absolute Gasteiger partial charge is 0.316 e. The standard InChI is InChI=1S/C44H66O12/c1-23-15-20-43(38(48)50-11)21-22-44(39(49)51-12)29(33(43)24(23)2)13-14-31-41(9)18-17-32(40(7,8)30(41)16-19-42(31,44)10)56-37-36(55-28(6)47)35(54-27(5)46)34(25(3)52-37)53-26(4)45/h13,23-25,30-37H,14-22H2,1-12H3. The van der Waals surface area contributed by atoms with Crippen molar-refractivity contribution in [1.82, 2.24) is 0 Å². The van der Waals surface area contributed by atoms with E-state index in [0.29, 0.717) is 25.2 Å². The molecule has 6 rings (SSSR count). The monoisotopic (exact) mass is 786 g/mol. The molecule has 0 amide bonds. The van der Waals surface area contributed by atoms with E-state index in [9.17, 15) is 24.0 Å². The van der Waals surface area contributed by atoms with Crippen LogP contribution < -0.4 is 0 Å². The Hall–Kier alpha value is -2.99. The van der Waals surface area contributed by atoms with Gasteiger partial charge < -0.3 is 33.2 Å². The van der Waals surface area contributed by atoms with E-state index in [2.05, 4.69) is 47.6 Å². The molecule has 4 saturated carbocycles. The minimum Gasteiger partial charge on any atom is -0.469 e. The predicted octanol–water partition coefficient (Wildman–Crippen LogP) is 6.90. The first-order chi connectivity index (χ1) is 26.2. The van der Waals surface area contributed by atoms with Crippen LogP contribution in [0.5, 0.6) is 0 Å². The first-order valence-electron chi connectivity index (χ1n) is 20.9. The first-order valence-corrected chi connectivity index (χ1v) is 20.9. The lowest BCUT2D eigenvalue weighted by Crippen LogP contribution is -2.68. The zero-order valence-corrected chi connectivity index (χ0v) is 35.7. The second-order valence-corrected chi connectivity index (χ2v) is 19.3. The van der Waals surface area contributed by atoms with Crippen molar-refractivity contribution in [3.63, 3.8) is 0 Å². The molecule has 0 bridgehead atoms. The number of esters is 5. The number of hydrogen-bond acceptors (Lipinski definition) is 12. The predicted molar refractivity (Wildman–Crippen MR) is 203 cm³/mol. The molecule has 0 spiro atoms. The maximum absolute atomic E-state index is 14.7. The molecule has 0 N–H and O–H groups in total. The molecule has 15 unspecified atom stereocenters. The Morgan fingerprint density at radius 1 is 0.696 bits per heavy atom. The highest BCUT2D eigenvalue weighted by Gasteiger charge is 2.74. The molecule has 56 heavy (non-hydrogen) atoms. The van der Waals surface area contributed by atoms with Gasteiger partial charge in [-0.25, -0.2) is 0 Å². The van der Waals surface area contributed by atoms with E-state index in [1.165, 1.54) is 35.0 Å². The van der Waals surface area contributed by atoms with Gasteiger partial charge in [0, 0.05) is 20.8 Å². The average Bonchev–Trinajstić information content (AvgIpc) is 3.12. The fourth-order valence-electron chi connectivity index (χ4n) is 13.8. The van der Waals surface area contributed by atoms with Gasteiger partial charge in [-0.3, -0.25) is 24.0 Å². The molecule has 12 heteroatoms. The van der Waals surface area contributed by atoms with E-state index < -0.39 is 70.3 Å². The van der Waals surface area contributed by atoms with Gasteiger partial charge in [-0.1, -0.05) is 53.2 Å². The number of carbonyl (C=O) groups excluding carboxylic acids is 5. The number of rotatable bonds is 7. The van der Waals surface area contributed by atoms with Gasteiger partial charge in [0.15, 0.2) is 24.6 Å². The van der Waals surface area contributed by atoms with E-state index in [0.717, 1.165) is 44.1 Å². The minimum atomic E-state index is -1.18. The highest BCUT2D eigenvalue weighted by Crippen LogP contribution is 2.76. The summed E-state index contributed by atoms with van der Waals surface area (Å²) >= 11 is 0. The van der Waals surface area contributed by atoms with Crippen molar-refractivity contribution in [2.45, 2.75) is 164 Å². The SMILES string of the molecule is COC(=O)C12CCC(C)C(C)C1C1=CCC3C4(C)CCC(OC5OC(C)C(OC(C)=O)C(OC(C)=O)C5OC(C)=O)C(C)(C)C4CCC3(C)C1(C(=O)OC)CC2. The normalized spacial score (nSPS) is 45.2. The molecule has 5 aliphatic carbocycles. The molecule has 1 aliphatic heterocycles. The molecule has 0 aromatic carbocycles. The van der Waals surface area contributed by atoms with Crippen LogP contribution in [0.15, 0.2) is 11.6 Å². The van der Waals surface area contributed by atoms with E-state index in [1.54, 1.807) is 6.92 Å². The summed E-state index contributed by atoms with van der Waals surface area (Å²) in [5, 5.41) is 0. The van der Waals surface area contributed by atoms with Gasteiger partial charge >= 0.3 is 29.8 Å². The van der Waals surface area contributed by atoms with Gasteiger partial charge in [-0.2, -0.15) is 0 Å². The second kappa shape index (κ2) is 15.0. The number of fused-ring (bicyclic) bond motifs is 7. The van der Waals surface area contributed by atoms with Gasteiger partial charge in [0.1, 0.15) is 0 Å². The quantitative estimate of drug-likeness (QED) is 0.114. The summed E-state index contributed by atoms with van der Waals surface area (Å²) in [6.45, 7) is 19.2. The molecule has 15 atom stereocenters. The molecule has 1 heterocycles. The van der Waals surface area contributed by atoms with Gasteiger partial charge in [0.25, 0.3) is 0 Å². The number of allylic oxidation sites excluding steroid dienone is 1. The van der Waals surface area contributed by atoms with E-state index in [1.807, 2.05) is 0 Å². The Morgan fingerprint density at radius 2 is 1.30 bits per heavy atom. The van der Waals surface area contributed by atoms with Gasteiger partial charge in [-0.05, 0) is 111 Å². The minimum absolute atomic E-state index is 0.102. The Balaban J connectivity index is 1.35. The van der Waals surface area contributed by atoms with Crippen molar-refractivity contribution < 1.29 is 57.1 Å². The highest BCUT2D eigenvalue weighted by atomic mass is 16.7. The largest absolute Gasteiger partial charge is 0.469 e. The maximum Gasteiger partial charge on any atom is 0.316 e. The Labute approximate surface area is 332 Å². The van der Waals surface area contributed by atoms with Crippen LogP contribution in [0, 0.1) is 56.7 Å². The van der Waals surface area contributed by atoms with Crippen LogP contribution in [-0.2, 0) is 57.1 Å². The first kappa shape index (κ1) is 42.6. The Bertz CT molecular complexity index is 1620. The van der Waals surface area contributed by atoms with Crippen molar-refractivity contribution in [2.24, 2.45) is 56.7 Å². The zero-order valence-electron chi connectivity index (χ0n) is 35.7. The summed E-state index contributed by atoms with van der Waals surface area (Å²) in [5.74, 6) is -1.33. The zero-order chi connectivity index (χ0) is 41.3. The van der Waals surface area contributed by atoms with Gasteiger partial charge in [-0.15, -0.1) is 0 Å². The fraction of sp³-hybridized carbons (Fsp3) is 0.841. The molecule has 0 aromatic rings. The van der Waals surface area contributed by atoms with Crippen LogP contribution in [0.3, 0.4) is 0 Å².